The average Bonchev–Trinajstić information content (AvgIpc) is 2.90. The maximum atomic E-state index is 6.26. The van der Waals surface area contributed by atoms with E-state index in [1.807, 2.05) is 11.3 Å². The quantitative estimate of drug-likeness (QED) is 0.887. The molecule has 0 aliphatic heterocycles. The molecule has 1 aromatic rings. The molecule has 0 spiro atoms. The highest BCUT2D eigenvalue weighted by Gasteiger charge is 2.43. The lowest BCUT2D eigenvalue weighted by Crippen LogP contribution is -2.60. The molecule has 0 radical (unpaired) electrons. The first-order chi connectivity index (χ1) is 9.10. The summed E-state index contributed by atoms with van der Waals surface area (Å²) in [6, 6.07) is 4.95. The van der Waals surface area contributed by atoms with Gasteiger partial charge in [0.25, 0.3) is 0 Å². The molecule has 1 fully saturated rings. The first kappa shape index (κ1) is 15.0. The zero-order chi connectivity index (χ0) is 13.9. The topological polar surface area (TPSA) is 29.3 Å². The van der Waals surface area contributed by atoms with Crippen molar-refractivity contribution in [3.05, 3.63) is 22.4 Å². The third-order valence-corrected chi connectivity index (χ3v) is 5.73. The lowest BCUT2D eigenvalue weighted by molar-refractivity contribution is -0.0151. The largest absolute Gasteiger partial charge is 0.329 e. The summed E-state index contributed by atoms with van der Waals surface area (Å²) in [5.41, 5.74) is 6.46. The fraction of sp³-hybridized carbons (Fsp3) is 0.750. The van der Waals surface area contributed by atoms with E-state index >= 15 is 0 Å². The molecular weight excluding hydrogens is 252 g/mol. The number of hydrogen-bond donors (Lipinski definition) is 1. The SMILES string of the molecule is CC(C)N(Cc1cccs1)C1(CN)CCCCC1C. The Morgan fingerprint density at radius 1 is 1.47 bits per heavy atom. The summed E-state index contributed by atoms with van der Waals surface area (Å²) < 4.78 is 0. The van der Waals surface area contributed by atoms with Crippen LogP contribution in [0.5, 0.6) is 0 Å². The molecule has 1 heterocycles. The van der Waals surface area contributed by atoms with Gasteiger partial charge in [0, 0.05) is 29.5 Å². The van der Waals surface area contributed by atoms with Gasteiger partial charge in [-0.2, -0.15) is 0 Å². The molecule has 1 aliphatic rings. The van der Waals surface area contributed by atoms with Gasteiger partial charge in [-0.1, -0.05) is 25.8 Å². The molecule has 108 valence electrons. The molecule has 0 bridgehead atoms. The molecular formula is C16H28N2S. The highest BCUT2D eigenvalue weighted by atomic mass is 32.1. The standard InChI is InChI=1S/C16H28N2S/c1-13(2)18(11-15-8-6-10-19-15)16(12-17)9-5-4-7-14(16)3/h6,8,10,13-14H,4-5,7,9,11-12,17H2,1-3H3. The lowest BCUT2D eigenvalue weighted by Gasteiger charge is -2.52. The minimum atomic E-state index is 0.205. The third-order valence-electron chi connectivity index (χ3n) is 4.87. The summed E-state index contributed by atoms with van der Waals surface area (Å²) in [5.74, 6) is 0.702. The molecule has 3 heteroatoms. The Balaban J connectivity index is 2.24. The van der Waals surface area contributed by atoms with Crippen molar-refractivity contribution in [2.75, 3.05) is 6.54 Å². The van der Waals surface area contributed by atoms with Crippen molar-refractivity contribution < 1.29 is 0 Å². The van der Waals surface area contributed by atoms with Crippen LogP contribution in [-0.4, -0.2) is 23.0 Å². The third kappa shape index (κ3) is 3.04. The Morgan fingerprint density at radius 3 is 2.79 bits per heavy atom. The fourth-order valence-corrected chi connectivity index (χ4v) is 4.37. The van der Waals surface area contributed by atoms with Gasteiger partial charge in [0.1, 0.15) is 0 Å². The summed E-state index contributed by atoms with van der Waals surface area (Å²) in [7, 11) is 0. The van der Waals surface area contributed by atoms with Gasteiger partial charge in [0.15, 0.2) is 0 Å². The van der Waals surface area contributed by atoms with Crippen molar-refractivity contribution in [2.24, 2.45) is 11.7 Å². The Morgan fingerprint density at radius 2 is 2.26 bits per heavy atom. The van der Waals surface area contributed by atoms with Crippen molar-refractivity contribution >= 4 is 11.3 Å². The maximum Gasteiger partial charge on any atom is 0.0363 e. The Kier molecular flexibility index (Phi) is 5.04. The molecule has 2 unspecified atom stereocenters. The molecule has 2 nitrogen and oxygen atoms in total. The van der Waals surface area contributed by atoms with Crippen LogP contribution in [-0.2, 0) is 6.54 Å². The molecule has 19 heavy (non-hydrogen) atoms. The smallest absolute Gasteiger partial charge is 0.0363 e. The second-order valence-corrected chi connectivity index (χ2v) is 7.29. The van der Waals surface area contributed by atoms with E-state index < -0.39 is 0 Å². The van der Waals surface area contributed by atoms with Gasteiger partial charge in [0.05, 0.1) is 0 Å². The minimum Gasteiger partial charge on any atom is -0.329 e. The summed E-state index contributed by atoms with van der Waals surface area (Å²) in [4.78, 5) is 4.13. The zero-order valence-electron chi connectivity index (χ0n) is 12.6. The van der Waals surface area contributed by atoms with E-state index in [4.69, 9.17) is 5.73 Å². The van der Waals surface area contributed by atoms with E-state index in [2.05, 4.69) is 43.2 Å². The molecule has 1 aromatic heterocycles. The van der Waals surface area contributed by atoms with Gasteiger partial charge in [-0.05, 0) is 44.1 Å². The summed E-state index contributed by atoms with van der Waals surface area (Å²) >= 11 is 1.86. The Bertz CT molecular complexity index is 374. The number of rotatable bonds is 5. The van der Waals surface area contributed by atoms with E-state index in [0.29, 0.717) is 12.0 Å². The minimum absolute atomic E-state index is 0.205. The Labute approximate surface area is 122 Å². The summed E-state index contributed by atoms with van der Waals surface area (Å²) in [5, 5.41) is 2.17. The van der Waals surface area contributed by atoms with E-state index in [0.717, 1.165) is 13.1 Å². The molecule has 0 saturated heterocycles. The number of nitrogens with two attached hydrogens (primary N) is 1. The normalized spacial score (nSPS) is 28.2. The monoisotopic (exact) mass is 280 g/mol. The maximum absolute atomic E-state index is 6.26. The first-order valence-corrected chi connectivity index (χ1v) is 8.47. The summed E-state index contributed by atoms with van der Waals surface area (Å²) in [6.07, 6.45) is 5.28. The molecule has 2 N–H and O–H groups in total. The molecule has 0 aromatic carbocycles. The van der Waals surface area contributed by atoms with Crippen molar-refractivity contribution in [1.82, 2.24) is 4.90 Å². The van der Waals surface area contributed by atoms with Crippen LogP contribution in [0.15, 0.2) is 17.5 Å². The summed E-state index contributed by atoms with van der Waals surface area (Å²) in [6.45, 7) is 8.86. The second kappa shape index (κ2) is 6.38. The first-order valence-electron chi connectivity index (χ1n) is 7.59. The van der Waals surface area contributed by atoms with Crippen LogP contribution in [0.2, 0.25) is 0 Å². The molecule has 0 amide bonds. The van der Waals surface area contributed by atoms with Gasteiger partial charge in [-0.3, -0.25) is 4.90 Å². The van der Waals surface area contributed by atoms with Gasteiger partial charge < -0.3 is 5.73 Å². The van der Waals surface area contributed by atoms with Gasteiger partial charge in [-0.15, -0.1) is 11.3 Å². The Hall–Kier alpha value is -0.380. The van der Waals surface area contributed by atoms with Crippen molar-refractivity contribution in [2.45, 2.75) is 64.6 Å². The van der Waals surface area contributed by atoms with Crippen molar-refractivity contribution in [3.63, 3.8) is 0 Å². The fourth-order valence-electron chi connectivity index (χ4n) is 3.67. The van der Waals surface area contributed by atoms with Crippen molar-refractivity contribution in [1.29, 1.82) is 0 Å². The average molecular weight is 280 g/mol. The van der Waals surface area contributed by atoms with E-state index in [1.54, 1.807) is 0 Å². The predicted molar refractivity (Wildman–Crippen MR) is 84.4 cm³/mol. The predicted octanol–water partition coefficient (Wildman–Crippen LogP) is 3.87. The highest BCUT2D eigenvalue weighted by Crippen LogP contribution is 2.40. The van der Waals surface area contributed by atoms with Crippen LogP contribution < -0.4 is 5.73 Å². The van der Waals surface area contributed by atoms with Crippen LogP contribution in [0.4, 0.5) is 0 Å². The number of nitrogens with zero attached hydrogens (tertiary/aromatic N) is 1. The number of thiophene rings is 1. The molecule has 1 saturated carbocycles. The molecule has 2 atom stereocenters. The van der Waals surface area contributed by atoms with Crippen LogP contribution >= 0.6 is 11.3 Å². The van der Waals surface area contributed by atoms with Crippen LogP contribution in [0, 0.1) is 5.92 Å². The second-order valence-electron chi connectivity index (χ2n) is 6.26. The van der Waals surface area contributed by atoms with E-state index in [9.17, 15) is 0 Å². The lowest BCUT2D eigenvalue weighted by atomic mass is 9.72. The number of hydrogen-bond acceptors (Lipinski definition) is 3. The van der Waals surface area contributed by atoms with Crippen molar-refractivity contribution in [3.8, 4) is 0 Å². The van der Waals surface area contributed by atoms with Crippen LogP contribution in [0.25, 0.3) is 0 Å². The van der Waals surface area contributed by atoms with Crippen LogP contribution in [0.3, 0.4) is 0 Å². The molecule has 1 aliphatic carbocycles. The van der Waals surface area contributed by atoms with Crippen LogP contribution in [0.1, 0.15) is 51.3 Å². The van der Waals surface area contributed by atoms with Gasteiger partial charge >= 0.3 is 0 Å². The van der Waals surface area contributed by atoms with E-state index in [-0.39, 0.29) is 5.54 Å². The van der Waals surface area contributed by atoms with E-state index in [1.165, 1.54) is 30.6 Å². The highest BCUT2D eigenvalue weighted by molar-refractivity contribution is 7.09. The molecule has 2 rings (SSSR count). The van der Waals surface area contributed by atoms with Gasteiger partial charge in [-0.25, -0.2) is 0 Å². The van der Waals surface area contributed by atoms with Gasteiger partial charge in [0.2, 0.25) is 0 Å². The zero-order valence-corrected chi connectivity index (χ0v) is 13.4.